The maximum absolute atomic E-state index is 5.50. The first-order chi connectivity index (χ1) is 7.27. The monoisotopic (exact) mass is 213 g/mol. The lowest BCUT2D eigenvalue weighted by molar-refractivity contribution is 0.197. The first-order valence-corrected chi connectivity index (χ1v) is 6.40. The van der Waals surface area contributed by atoms with Crippen LogP contribution >= 0.6 is 0 Å². The van der Waals surface area contributed by atoms with Gasteiger partial charge in [0.25, 0.3) is 0 Å². The number of hydrogen-bond acceptors (Lipinski definition) is 3. The summed E-state index contributed by atoms with van der Waals surface area (Å²) in [5, 5.41) is 0. The largest absolute Gasteiger partial charge is 0.330 e. The zero-order chi connectivity index (χ0) is 11.1. The van der Waals surface area contributed by atoms with Gasteiger partial charge >= 0.3 is 0 Å². The highest BCUT2D eigenvalue weighted by Gasteiger charge is 2.23. The van der Waals surface area contributed by atoms with E-state index in [0.29, 0.717) is 0 Å². The van der Waals surface area contributed by atoms with Gasteiger partial charge in [0.15, 0.2) is 0 Å². The molecule has 2 N–H and O–H groups in total. The van der Waals surface area contributed by atoms with Gasteiger partial charge in [-0.3, -0.25) is 4.90 Å². The van der Waals surface area contributed by atoms with Crippen LogP contribution in [0.5, 0.6) is 0 Å². The average molecular weight is 213 g/mol. The molecule has 0 aromatic carbocycles. The number of likely N-dealkylation sites (tertiary alicyclic amines) is 1. The van der Waals surface area contributed by atoms with Crippen LogP contribution < -0.4 is 5.73 Å². The standard InChI is InChI=1S/C12H27N3/c1-3-15-10-6-7-12(15)11-14(2)9-5-4-8-13/h12H,3-11,13H2,1-2H3. The Balaban J connectivity index is 2.15. The highest BCUT2D eigenvalue weighted by atomic mass is 15.2. The predicted octanol–water partition coefficient (Wildman–Crippen LogP) is 1.14. The average Bonchev–Trinajstić information content (AvgIpc) is 2.65. The molecule has 0 aromatic heterocycles. The fraction of sp³-hybridized carbons (Fsp3) is 1.00. The molecule has 1 rings (SSSR count). The van der Waals surface area contributed by atoms with Crippen molar-refractivity contribution in [2.45, 2.75) is 38.6 Å². The van der Waals surface area contributed by atoms with Crippen molar-refractivity contribution in [1.82, 2.24) is 9.80 Å². The Bertz CT molecular complexity index is 161. The molecule has 0 spiro atoms. The molecule has 1 atom stereocenters. The molecular weight excluding hydrogens is 186 g/mol. The number of unbranched alkanes of at least 4 members (excludes halogenated alkanes) is 1. The van der Waals surface area contributed by atoms with Crippen LogP contribution in [0.3, 0.4) is 0 Å². The van der Waals surface area contributed by atoms with Gasteiger partial charge < -0.3 is 10.6 Å². The zero-order valence-corrected chi connectivity index (χ0v) is 10.4. The third-order valence-corrected chi connectivity index (χ3v) is 3.42. The van der Waals surface area contributed by atoms with Crippen LogP contribution in [-0.2, 0) is 0 Å². The smallest absolute Gasteiger partial charge is 0.0223 e. The van der Waals surface area contributed by atoms with Crippen molar-refractivity contribution in [1.29, 1.82) is 0 Å². The molecule has 1 aliphatic rings. The van der Waals surface area contributed by atoms with Gasteiger partial charge in [-0.2, -0.15) is 0 Å². The van der Waals surface area contributed by atoms with Gasteiger partial charge in [0.2, 0.25) is 0 Å². The Hall–Kier alpha value is -0.120. The summed E-state index contributed by atoms with van der Waals surface area (Å²) in [6.07, 6.45) is 5.17. The highest BCUT2D eigenvalue weighted by molar-refractivity contribution is 4.80. The third-order valence-electron chi connectivity index (χ3n) is 3.42. The minimum absolute atomic E-state index is 0.804. The van der Waals surface area contributed by atoms with Crippen molar-refractivity contribution in [3.63, 3.8) is 0 Å². The Morgan fingerprint density at radius 3 is 2.87 bits per heavy atom. The van der Waals surface area contributed by atoms with Crippen LogP contribution in [0.15, 0.2) is 0 Å². The number of hydrogen-bond donors (Lipinski definition) is 1. The first-order valence-electron chi connectivity index (χ1n) is 6.40. The Morgan fingerprint density at radius 2 is 2.20 bits per heavy atom. The van der Waals surface area contributed by atoms with E-state index < -0.39 is 0 Å². The Morgan fingerprint density at radius 1 is 1.40 bits per heavy atom. The molecule has 15 heavy (non-hydrogen) atoms. The van der Waals surface area contributed by atoms with Gasteiger partial charge in [-0.25, -0.2) is 0 Å². The molecule has 0 aromatic rings. The summed E-state index contributed by atoms with van der Waals surface area (Å²) in [6.45, 7) is 8.05. The van der Waals surface area contributed by atoms with Crippen LogP contribution in [-0.4, -0.2) is 55.6 Å². The van der Waals surface area contributed by atoms with E-state index in [1.807, 2.05) is 0 Å². The summed E-state index contributed by atoms with van der Waals surface area (Å²) < 4.78 is 0. The van der Waals surface area contributed by atoms with Crippen molar-refractivity contribution in [3.8, 4) is 0 Å². The fourth-order valence-corrected chi connectivity index (χ4v) is 2.50. The quantitative estimate of drug-likeness (QED) is 0.644. The molecule has 0 saturated carbocycles. The Kier molecular flexibility index (Phi) is 6.22. The van der Waals surface area contributed by atoms with Crippen LogP contribution in [0.1, 0.15) is 32.6 Å². The third kappa shape index (κ3) is 4.49. The summed E-state index contributed by atoms with van der Waals surface area (Å²) >= 11 is 0. The maximum Gasteiger partial charge on any atom is 0.0223 e. The van der Waals surface area contributed by atoms with E-state index in [1.165, 1.54) is 45.4 Å². The van der Waals surface area contributed by atoms with E-state index in [-0.39, 0.29) is 0 Å². The maximum atomic E-state index is 5.50. The minimum Gasteiger partial charge on any atom is -0.330 e. The highest BCUT2D eigenvalue weighted by Crippen LogP contribution is 2.17. The molecule has 3 heteroatoms. The van der Waals surface area contributed by atoms with Crippen LogP contribution in [0.25, 0.3) is 0 Å². The lowest BCUT2D eigenvalue weighted by atomic mass is 10.2. The van der Waals surface area contributed by atoms with Crippen molar-refractivity contribution >= 4 is 0 Å². The van der Waals surface area contributed by atoms with Gasteiger partial charge in [0.1, 0.15) is 0 Å². The number of rotatable bonds is 7. The van der Waals surface area contributed by atoms with Crippen LogP contribution in [0.4, 0.5) is 0 Å². The van der Waals surface area contributed by atoms with Crippen molar-refractivity contribution in [2.75, 3.05) is 39.8 Å². The van der Waals surface area contributed by atoms with Gasteiger partial charge in [-0.05, 0) is 58.9 Å². The van der Waals surface area contributed by atoms with E-state index in [9.17, 15) is 0 Å². The molecule has 0 aliphatic carbocycles. The molecule has 1 heterocycles. The van der Waals surface area contributed by atoms with E-state index >= 15 is 0 Å². The normalized spacial score (nSPS) is 22.8. The second kappa shape index (κ2) is 7.20. The van der Waals surface area contributed by atoms with Gasteiger partial charge in [-0.15, -0.1) is 0 Å². The molecule has 1 fully saturated rings. The first kappa shape index (κ1) is 12.9. The minimum atomic E-state index is 0.804. The molecule has 1 unspecified atom stereocenters. The lowest BCUT2D eigenvalue weighted by Gasteiger charge is -2.27. The van der Waals surface area contributed by atoms with E-state index in [2.05, 4.69) is 23.8 Å². The zero-order valence-electron chi connectivity index (χ0n) is 10.4. The molecule has 0 radical (unpaired) electrons. The van der Waals surface area contributed by atoms with Crippen LogP contribution in [0, 0.1) is 0 Å². The molecular formula is C12H27N3. The molecule has 1 saturated heterocycles. The summed E-state index contributed by atoms with van der Waals surface area (Å²) in [6, 6.07) is 0.804. The fourth-order valence-electron chi connectivity index (χ4n) is 2.50. The van der Waals surface area contributed by atoms with Gasteiger partial charge in [0, 0.05) is 12.6 Å². The lowest BCUT2D eigenvalue weighted by Crippen LogP contribution is -2.39. The molecule has 90 valence electrons. The predicted molar refractivity (Wildman–Crippen MR) is 66.1 cm³/mol. The van der Waals surface area contributed by atoms with Crippen molar-refractivity contribution < 1.29 is 0 Å². The molecule has 0 bridgehead atoms. The topological polar surface area (TPSA) is 32.5 Å². The second-order valence-corrected chi connectivity index (χ2v) is 4.68. The summed E-state index contributed by atoms with van der Waals surface area (Å²) in [5.41, 5.74) is 5.50. The summed E-state index contributed by atoms with van der Waals surface area (Å²) in [4.78, 5) is 5.08. The molecule has 1 aliphatic heterocycles. The van der Waals surface area contributed by atoms with Crippen molar-refractivity contribution in [3.05, 3.63) is 0 Å². The number of likely N-dealkylation sites (N-methyl/N-ethyl adjacent to an activating group) is 2. The molecule has 0 amide bonds. The number of nitrogens with two attached hydrogens (primary N) is 1. The summed E-state index contributed by atoms with van der Waals surface area (Å²) in [5.74, 6) is 0. The van der Waals surface area contributed by atoms with Crippen LogP contribution in [0.2, 0.25) is 0 Å². The van der Waals surface area contributed by atoms with Gasteiger partial charge in [0.05, 0.1) is 0 Å². The Labute approximate surface area is 94.6 Å². The van der Waals surface area contributed by atoms with E-state index in [4.69, 9.17) is 5.73 Å². The summed E-state index contributed by atoms with van der Waals surface area (Å²) in [7, 11) is 2.24. The second-order valence-electron chi connectivity index (χ2n) is 4.68. The number of nitrogens with zero attached hydrogens (tertiary/aromatic N) is 2. The SMILES string of the molecule is CCN1CCCC1CN(C)CCCCN. The van der Waals surface area contributed by atoms with Crippen molar-refractivity contribution in [2.24, 2.45) is 5.73 Å². The van der Waals surface area contributed by atoms with E-state index in [0.717, 1.165) is 19.0 Å². The van der Waals surface area contributed by atoms with Gasteiger partial charge in [-0.1, -0.05) is 6.92 Å². The molecule has 3 nitrogen and oxygen atoms in total. The van der Waals surface area contributed by atoms with E-state index in [1.54, 1.807) is 0 Å².